The Morgan fingerprint density at radius 1 is 0.947 bits per heavy atom. The lowest BCUT2D eigenvalue weighted by Gasteiger charge is -2.39. The van der Waals surface area contributed by atoms with E-state index in [1.54, 1.807) is 0 Å². The Morgan fingerprint density at radius 2 is 1.77 bits per heavy atom. The van der Waals surface area contributed by atoms with Crippen LogP contribution in [0.4, 0.5) is 10.9 Å². The van der Waals surface area contributed by atoms with Gasteiger partial charge in [0, 0.05) is 24.2 Å². The molecule has 2 aliphatic heterocycles. The van der Waals surface area contributed by atoms with E-state index in [2.05, 4.69) is 15.2 Å². The second-order valence-corrected chi connectivity index (χ2v) is 16.7. The van der Waals surface area contributed by atoms with Gasteiger partial charge >= 0.3 is 11.9 Å². The minimum atomic E-state index is -1.10. The highest BCUT2D eigenvalue weighted by molar-refractivity contribution is 7.22. The maximum atomic E-state index is 13.6. The maximum Gasteiger partial charge on any atom is 0.355 e. The van der Waals surface area contributed by atoms with Crippen LogP contribution in [0.5, 0.6) is 5.75 Å². The van der Waals surface area contributed by atoms with E-state index in [0.29, 0.717) is 72.7 Å². The molecule has 0 unspecified atom stereocenters. The molecule has 1 amide bonds. The minimum Gasteiger partial charge on any atom is -0.493 e. The number of carbonyl (C=O) groups excluding carboxylic acids is 2. The topological polar surface area (TPSA) is 134 Å². The number of ether oxygens (including phenoxy) is 2. The van der Waals surface area contributed by atoms with Crippen molar-refractivity contribution in [3.05, 3.63) is 101 Å². The molecule has 1 atom stereocenters. The van der Waals surface area contributed by atoms with Gasteiger partial charge in [0.2, 0.25) is 0 Å². The number of esters is 1. The van der Waals surface area contributed by atoms with Gasteiger partial charge in [0.1, 0.15) is 11.6 Å². The van der Waals surface area contributed by atoms with Gasteiger partial charge in [-0.15, -0.1) is 0 Å². The Hall–Kier alpha value is -5.33. The first-order chi connectivity index (χ1) is 27.7. The van der Waals surface area contributed by atoms with E-state index in [-0.39, 0.29) is 17.6 Å². The standard InChI is InChI=1S/C45H49N5O6S/c1-3-55-40(51)28-49-23-20-45(21-24-49)19-16-30(26-45)18-25-56-37-12-7-9-32(29(37)2)33-14-15-39(47-41(33)43(53)54)50-22-17-31-8-6-10-34(35(31)27-50)42(52)48-44-46-36-11-4-5-13-38(36)57-44/h4-15,30H,3,16-28H2,1-2H3,(H,53,54)(H,46,48,52)/t30-/m0/s1. The average Bonchev–Trinajstić information content (AvgIpc) is 3.82. The van der Waals surface area contributed by atoms with Crippen LogP contribution in [0.3, 0.4) is 0 Å². The van der Waals surface area contributed by atoms with Gasteiger partial charge in [-0.1, -0.05) is 47.7 Å². The predicted molar refractivity (Wildman–Crippen MR) is 222 cm³/mol. The van der Waals surface area contributed by atoms with Crippen LogP contribution >= 0.6 is 11.3 Å². The normalized spacial score (nSPS) is 17.7. The summed E-state index contributed by atoms with van der Waals surface area (Å²) in [7, 11) is 0. The van der Waals surface area contributed by atoms with Crippen molar-refractivity contribution in [3.8, 4) is 16.9 Å². The lowest BCUT2D eigenvalue weighted by Crippen LogP contribution is -2.41. The van der Waals surface area contributed by atoms with Crippen LogP contribution in [0.25, 0.3) is 21.3 Å². The number of nitrogens with zero attached hydrogens (tertiary/aromatic N) is 4. The van der Waals surface area contributed by atoms with E-state index < -0.39 is 5.97 Å². The molecule has 11 nitrogen and oxygen atoms in total. The molecule has 0 bridgehead atoms. The molecule has 8 rings (SSSR count). The molecule has 3 aliphatic rings. The molecular formula is C45H49N5O6S. The summed E-state index contributed by atoms with van der Waals surface area (Å²) in [5, 5.41) is 14.0. The predicted octanol–water partition coefficient (Wildman–Crippen LogP) is 8.39. The molecule has 2 N–H and O–H groups in total. The highest BCUT2D eigenvalue weighted by Gasteiger charge is 2.41. The fourth-order valence-corrected chi connectivity index (χ4v) is 9.95. The molecule has 57 heavy (non-hydrogen) atoms. The Balaban J connectivity index is 0.915. The number of thiazole rings is 1. The van der Waals surface area contributed by atoms with Crippen LogP contribution < -0.4 is 15.0 Å². The third-order valence-corrected chi connectivity index (χ3v) is 13.1. The Labute approximate surface area is 337 Å². The van der Waals surface area contributed by atoms with Crippen LogP contribution in [-0.2, 0) is 22.5 Å². The number of rotatable bonds is 12. The Kier molecular flexibility index (Phi) is 11.3. The number of carbonyl (C=O) groups is 3. The van der Waals surface area contributed by atoms with Crippen molar-refractivity contribution in [2.24, 2.45) is 11.3 Å². The second-order valence-electron chi connectivity index (χ2n) is 15.7. The van der Waals surface area contributed by atoms with Crippen molar-refractivity contribution in [2.45, 2.75) is 65.3 Å². The van der Waals surface area contributed by atoms with E-state index in [9.17, 15) is 19.5 Å². The van der Waals surface area contributed by atoms with Crippen LogP contribution in [0.2, 0.25) is 0 Å². The number of hydrogen-bond acceptors (Lipinski definition) is 10. The molecule has 12 heteroatoms. The van der Waals surface area contributed by atoms with Gasteiger partial charge in [0.15, 0.2) is 10.8 Å². The number of pyridine rings is 1. The summed E-state index contributed by atoms with van der Waals surface area (Å²) in [6, 6.07) is 23.1. The van der Waals surface area contributed by atoms with Gasteiger partial charge in [-0.2, -0.15) is 0 Å². The number of fused-ring (bicyclic) bond motifs is 2. The largest absolute Gasteiger partial charge is 0.493 e. The number of benzene rings is 3. The van der Waals surface area contributed by atoms with Crippen molar-refractivity contribution in [1.82, 2.24) is 14.9 Å². The first kappa shape index (κ1) is 38.5. The zero-order valence-corrected chi connectivity index (χ0v) is 33.4. The number of nitrogens with one attached hydrogen (secondary N) is 1. The van der Waals surface area contributed by atoms with E-state index >= 15 is 0 Å². The average molecular weight is 788 g/mol. The lowest BCUT2D eigenvalue weighted by atomic mass is 9.76. The molecule has 3 aromatic carbocycles. The van der Waals surface area contributed by atoms with Crippen molar-refractivity contribution >= 4 is 50.3 Å². The van der Waals surface area contributed by atoms with E-state index in [4.69, 9.17) is 14.5 Å². The third-order valence-electron chi connectivity index (χ3n) is 12.2. The van der Waals surface area contributed by atoms with Gasteiger partial charge in [0.05, 0.1) is 30.0 Å². The summed E-state index contributed by atoms with van der Waals surface area (Å²) in [4.78, 5) is 51.8. The lowest BCUT2D eigenvalue weighted by molar-refractivity contribution is -0.145. The molecule has 4 heterocycles. The molecule has 1 spiro atoms. The smallest absolute Gasteiger partial charge is 0.355 e. The van der Waals surface area contributed by atoms with Crippen molar-refractivity contribution in [1.29, 1.82) is 0 Å². The van der Waals surface area contributed by atoms with Crippen LogP contribution in [0, 0.1) is 18.3 Å². The monoisotopic (exact) mass is 787 g/mol. The molecule has 2 fully saturated rings. The maximum absolute atomic E-state index is 13.6. The number of aromatic nitrogens is 2. The first-order valence-corrected chi connectivity index (χ1v) is 20.9. The molecule has 2 aromatic heterocycles. The van der Waals surface area contributed by atoms with E-state index in [1.807, 2.05) is 91.5 Å². The summed E-state index contributed by atoms with van der Waals surface area (Å²) < 4.78 is 12.5. The quantitative estimate of drug-likeness (QED) is 0.119. The molecule has 5 aromatic rings. The summed E-state index contributed by atoms with van der Waals surface area (Å²) in [6.07, 6.45) is 7.53. The van der Waals surface area contributed by atoms with E-state index in [1.165, 1.54) is 30.6 Å². The molecule has 1 saturated heterocycles. The number of para-hydroxylation sites is 1. The fraction of sp³-hybridized carbons (Fsp3) is 0.400. The number of aromatic carboxylic acids is 1. The Morgan fingerprint density at radius 3 is 2.58 bits per heavy atom. The number of carboxylic acid groups (broad SMARTS) is 1. The van der Waals surface area contributed by atoms with Gasteiger partial charge < -0.3 is 19.5 Å². The Bertz CT molecular complexity index is 2270. The highest BCUT2D eigenvalue weighted by Crippen LogP contribution is 2.50. The van der Waals surface area contributed by atoms with E-state index in [0.717, 1.165) is 70.6 Å². The van der Waals surface area contributed by atoms with Crippen LogP contribution in [0.1, 0.15) is 83.0 Å². The second kappa shape index (κ2) is 16.6. The molecule has 0 radical (unpaired) electrons. The minimum absolute atomic E-state index is 0.0232. The number of anilines is 2. The van der Waals surface area contributed by atoms with Gasteiger partial charge in [-0.3, -0.25) is 19.8 Å². The highest BCUT2D eigenvalue weighted by atomic mass is 32.1. The SMILES string of the molecule is CCOC(=O)CN1CCC2(CC[C@@H](CCOc3cccc(-c4ccc(N5CCc6cccc(C(=O)Nc7nc8ccccc8s7)c6C5)nc4C(=O)O)c3C)C2)CC1. The summed E-state index contributed by atoms with van der Waals surface area (Å²) in [6.45, 7) is 8.17. The summed E-state index contributed by atoms with van der Waals surface area (Å²) in [5.41, 5.74) is 5.93. The zero-order chi connectivity index (χ0) is 39.5. The number of carboxylic acids is 1. The molecule has 1 saturated carbocycles. The molecule has 1 aliphatic carbocycles. The van der Waals surface area contributed by atoms with Crippen LogP contribution in [-0.4, -0.2) is 77.2 Å². The van der Waals surface area contributed by atoms with Gasteiger partial charge in [0.25, 0.3) is 5.91 Å². The van der Waals surface area contributed by atoms with Gasteiger partial charge in [-0.05, 0) is 142 Å². The number of amides is 1. The van der Waals surface area contributed by atoms with Crippen molar-refractivity contribution in [2.75, 3.05) is 49.6 Å². The van der Waals surface area contributed by atoms with Crippen molar-refractivity contribution < 1.29 is 29.0 Å². The van der Waals surface area contributed by atoms with Gasteiger partial charge in [-0.25, -0.2) is 14.8 Å². The molecule has 296 valence electrons. The fourth-order valence-electron chi connectivity index (χ4n) is 9.08. The molecular weight excluding hydrogens is 739 g/mol. The van der Waals surface area contributed by atoms with Crippen molar-refractivity contribution in [3.63, 3.8) is 0 Å². The van der Waals surface area contributed by atoms with Crippen LogP contribution in [0.15, 0.2) is 72.8 Å². The number of piperidine rings is 1. The number of hydrogen-bond donors (Lipinski definition) is 2. The number of likely N-dealkylation sites (tertiary alicyclic amines) is 1. The zero-order valence-electron chi connectivity index (χ0n) is 32.6. The summed E-state index contributed by atoms with van der Waals surface area (Å²) in [5.74, 6) is 0.436. The summed E-state index contributed by atoms with van der Waals surface area (Å²) >= 11 is 1.44. The third kappa shape index (κ3) is 8.38. The first-order valence-electron chi connectivity index (χ1n) is 20.1.